The van der Waals surface area contributed by atoms with Gasteiger partial charge in [-0.05, 0) is 62.9 Å². The number of nitrogens with zero attached hydrogens (tertiary/aromatic N) is 1. The monoisotopic (exact) mass is 311 g/mol. The first-order valence-electron chi connectivity index (χ1n) is 7.57. The van der Waals surface area contributed by atoms with Crippen LogP contribution < -0.4 is 4.74 Å². The molecule has 0 aromatic heterocycles. The fraction of sp³-hybridized carbons (Fsp3) is 0.647. The minimum Gasteiger partial charge on any atom is -0.497 e. The van der Waals surface area contributed by atoms with Crippen LogP contribution in [0.4, 0.5) is 0 Å². The first-order valence-corrected chi connectivity index (χ1v) is 7.57. The third-order valence-electron chi connectivity index (χ3n) is 5.11. The first-order chi connectivity index (χ1) is 9.55. The van der Waals surface area contributed by atoms with E-state index in [1.807, 2.05) is 18.2 Å². The molecular weight excluding hydrogens is 286 g/mol. The van der Waals surface area contributed by atoms with E-state index in [1.165, 1.54) is 12.8 Å². The van der Waals surface area contributed by atoms with Crippen LogP contribution in [-0.2, 0) is 5.60 Å². The fourth-order valence-electron chi connectivity index (χ4n) is 4.04. The van der Waals surface area contributed by atoms with Crippen molar-refractivity contribution in [3.8, 4) is 5.75 Å². The molecule has 2 aliphatic carbocycles. The molecule has 1 aromatic carbocycles. The molecule has 21 heavy (non-hydrogen) atoms. The van der Waals surface area contributed by atoms with Crippen molar-refractivity contribution in [3.05, 3.63) is 29.8 Å². The van der Waals surface area contributed by atoms with E-state index in [9.17, 15) is 5.11 Å². The van der Waals surface area contributed by atoms with Gasteiger partial charge >= 0.3 is 0 Å². The van der Waals surface area contributed by atoms with E-state index in [2.05, 4.69) is 25.1 Å². The normalized spacial score (nSPS) is 34.0. The second kappa shape index (κ2) is 6.15. The molecule has 0 saturated heterocycles. The van der Waals surface area contributed by atoms with Crippen molar-refractivity contribution in [1.82, 2.24) is 4.90 Å². The average molecular weight is 312 g/mol. The summed E-state index contributed by atoms with van der Waals surface area (Å²) >= 11 is 0. The highest BCUT2D eigenvalue weighted by Gasteiger charge is 2.59. The molecule has 0 radical (unpaired) electrons. The first kappa shape index (κ1) is 16.6. The van der Waals surface area contributed by atoms with E-state index in [0.717, 1.165) is 30.2 Å². The second-order valence-corrected chi connectivity index (χ2v) is 6.70. The summed E-state index contributed by atoms with van der Waals surface area (Å²) in [4.78, 5) is 2.19. The van der Waals surface area contributed by atoms with E-state index >= 15 is 0 Å². The highest BCUT2D eigenvalue weighted by Crippen LogP contribution is 2.61. The third-order valence-corrected chi connectivity index (χ3v) is 5.11. The Morgan fingerprint density at radius 1 is 1.33 bits per heavy atom. The van der Waals surface area contributed by atoms with Gasteiger partial charge in [-0.3, -0.25) is 0 Å². The summed E-state index contributed by atoms with van der Waals surface area (Å²) in [6.07, 6.45) is 3.57. The van der Waals surface area contributed by atoms with Crippen molar-refractivity contribution < 1.29 is 9.84 Å². The molecule has 4 unspecified atom stereocenters. The molecule has 4 atom stereocenters. The number of fused-ring (bicyclic) bond motifs is 1. The lowest BCUT2D eigenvalue weighted by Gasteiger charge is -2.42. The number of aliphatic hydroxyl groups is 1. The van der Waals surface area contributed by atoms with Gasteiger partial charge in [-0.15, -0.1) is 12.4 Å². The summed E-state index contributed by atoms with van der Waals surface area (Å²) in [5.74, 6) is 2.31. The standard InChI is InChI=1S/C17H25NO2.ClH/c1-18(2)11-14-8-7-12-9-16(12)17(14,19)13-5-4-6-15(10-13)20-3;/h4-6,10,12,14,16,19H,7-9,11H2,1-3H3;1H. The van der Waals surface area contributed by atoms with Crippen molar-refractivity contribution >= 4 is 12.4 Å². The lowest BCUT2D eigenvalue weighted by atomic mass is 9.71. The number of rotatable bonds is 4. The molecule has 1 N–H and O–H groups in total. The molecule has 2 fully saturated rings. The van der Waals surface area contributed by atoms with Gasteiger partial charge in [-0.25, -0.2) is 0 Å². The van der Waals surface area contributed by atoms with Gasteiger partial charge in [0.15, 0.2) is 0 Å². The molecule has 4 heteroatoms. The van der Waals surface area contributed by atoms with Gasteiger partial charge in [-0.2, -0.15) is 0 Å². The number of benzene rings is 1. The Hall–Kier alpha value is -0.770. The van der Waals surface area contributed by atoms with Crippen molar-refractivity contribution in [2.45, 2.75) is 24.9 Å². The van der Waals surface area contributed by atoms with Crippen molar-refractivity contribution in [3.63, 3.8) is 0 Å². The number of methoxy groups -OCH3 is 1. The molecule has 118 valence electrons. The van der Waals surface area contributed by atoms with Gasteiger partial charge in [0.1, 0.15) is 5.75 Å². The molecule has 0 spiro atoms. The fourth-order valence-corrected chi connectivity index (χ4v) is 4.04. The molecule has 0 heterocycles. The zero-order valence-corrected chi connectivity index (χ0v) is 13.9. The van der Waals surface area contributed by atoms with Crippen molar-refractivity contribution in [1.29, 1.82) is 0 Å². The molecule has 2 saturated carbocycles. The lowest BCUT2D eigenvalue weighted by Crippen LogP contribution is -2.45. The Morgan fingerprint density at radius 3 is 2.76 bits per heavy atom. The van der Waals surface area contributed by atoms with Crippen molar-refractivity contribution in [2.75, 3.05) is 27.7 Å². The van der Waals surface area contributed by atoms with E-state index in [0.29, 0.717) is 11.8 Å². The van der Waals surface area contributed by atoms with E-state index in [1.54, 1.807) is 7.11 Å². The summed E-state index contributed by atoms with van der Waals surface area (Å²) in [7, 11) is 5.86. The van der Waals surface area contributed by atoms with Crippen LogP contribution in [0.2, 0.25) is 0 Å². The van der Waals surface area contributed by atoms with Crippen LogP contribution in [0.1, 0.15) is 24.8 Å². The Labute approximate surface area is 133 Å². The smallest absolute Gasteiger partial charge is 0.119 e. The van der Waals surface area contributed by atoms with Crippen LogP contribution in [0, 0.1) is 17.8 Å². The third kappa shape index (κ3) is 2.92. The van der Waals surface area contributed by atoms with Crippen molar-refractivity contribution in [2.24, 2.45) is 17.8 Å². The zero-order chi connectivity index (χ0) is 14.3. The maximum atomic E-state index is 11.5. The minimum absolute atomic E-state index is 0. The lowest BCUT2D eigenvalue weighted by molar-refractivity contribution is -0.0751. The molecule has 0 aliphatic heterocycles. The Bertz CT molecular complexity index is 493. The summed E-state index contributed by atoms with van der Waals surface area (Å²) < 4.78 is 5.33. The number of ether oxygens (including phenoxy) is 1. The molecule has 0 amide bonds. The molecule has 3 nitrogen and oxygen atoms in total. The quantitative estimate of drug-likeness (QED) is 0.928. The van der Waals surface area contributed by atoms with Crippen LogP contribution in [0.5, 0.6) is 5.75 Å². The molecule has 2 aliphatic rings. The summed E-state index contributed by atoms with van der Waals surface area (Å²) in [6, 6.07) is 8.01. The maximum Gasteiger partial charge on any atom is 0.119 e. The summed E-state index contributed by atoms with van der Waals surface area (Å²) in [5.41, 5.74) is 0.359. The van der Waals surface area contributed by atoms with Crippen LogP contribution in [0.3, 0.4) is 0 Å². The second-order valence-electron chi connectivity index (χ2n) is 6.70. The Balaban J connectivity index is 0.00000161. The van der Waals surface area contributed by atoms with Gasteiger partial charge in [0.05, 0.1) is 12.7 Å². The van der Waals surface area contributed by atoms with E-state index in [4.69, 9.17) is 4.74 Å². The van der Waals surface area contributed by atoms with Crippen LogP contribution >= 0.6 is 12.4 Å². The van der Waals surface area contributed by atoms with Crippen LogP contribution in [0.25, 0.3) is 0 Å². The van der Waals surface area contributed by atoms with Crippen LogP contribution in [0.15, 0.2) is 24.3 Å². The topological polar surface area (TPSA) is 32.7 Å². The molecule has 1 aromatic rings. The molecular formula is C17H26ClNO2. The minimum atomic E-state index is -0.679. The predicted octanol–water partition coefficient (Wildman–Crippen LogP) is 2.91. The highest BCUT2D eigenvalue weighted by molar-refractivity contribution is 5.85. The van der Waals surface area contributed by atoms with Gasteiger partial charge < -0.3 is 14.7 Å². The van der Waals surface area contributed by atoms with Gasteiger partial charge in [0.2, 0.25) is 0 Å². The Kier molecular flexibility index (Phi) is 4.86. The van der Waals surface area contributed by atoms with Crippen LogP contribution in [-0.4, -0.2) is 37.8 Å². The van der Waals surface area contributed by atoms with Gasteiger partial charge in [0.25, 0.3) is 0 Å². The summed E-state index contributed by atoms with van der Waals surface area (Å²) in [6.45, 7) is 0.941. The summed E-state index contributed by atoms with van der Waals surface area (Å²) in [5, 5.41) is 11.5. The average Bonchev–Trinajstić information content (AvgIpc) is 3.22. The Morgan fingerprint density at radius 2 is 2.10 bits per heavy atom. The number of hydrogen-bond acceptors (Lipinski definition) is 3. The SMILES string of the molecule is COc1cccc(C2(O)C(CN(C)C)CCC3CC32)c1.Cl. The van der Waals surface area contributed by atoms with Gasteiger partial charge in [0, 0.05) is 12.5 Å². The largest absolute Gasteiger partial charge is 0.497 e. The molecule has 3 rings (SSSR count). The van der Waals surface area contributed by atoms with Gasteiger partial charge in [-0.1, -0.05) is 12.1 Å². The maximum absolute atomic E-state index is 11.5. The molecule has 0 bridgehead atoms. The highest BCUT2D eigenvalue weighted by atomic mass is 35.5. The predicted molar refractivity (Wildman–Crippen MR) is 87.0 cm³/mol. The number of hydrogen-bond donors (Lipinski definition) is 1. The van der Waals surface area contributed by atoms with E-state index < -0.39 is 5.60 Å². The number of halogens is 1. The van der Waals surface area contributed by atoms with E-state index in [-0.39, 0.29) is 12.4 Å². The zero-order valence-electron chi connectivity index (χ0n) is 13.1.